The van der Waals surface area contributed by atoms with Crippen molar-refractivity contribution in [1.82, 2.24) is 19.3 Å². The van der Waals surface area contributed by atoms with E-state index in [4.69, 9.17) is 10.2 Å². The zero-order chi connectivity index (χ0) is 19.8. The first-order valence-corrected chi connectivity index (χ1v) is 8.57. The van der Waals surface area contributed by atoms with Crippen molar-refractivity contribution in [3.8, 4) is 11.5 Å². The Labute approximate surface area is 159 Å². The van der Waals surface area contributed by atoms with Gasteiger partial charge in [-0.3, -0.25) is 9.59 Å². The van der Waals surface area contributed by atoms with Gasteiger partial charge in [0.15, 0.2) is 5.76 Å². The fourth-order valence-corrected chi connectivity index (χ4v) is 2.95. The number of carbonyl (C=O) groups is 1. The van der Waals surface area contributed by atoms with Crippen LogP contribution in [0.25, 0.3) is 22.5 Å². The first-order chi connectivity index (χ1) is 13.4. The number of aryl methyl sites for hydroxylation is 2. The molecule has 0 fully saturated rings. The second-order valence-electron chi connectivity index (χ2n) is 6.39. The fraction of sp³-hybridized carbons (Fsp3) is 0.158. The smallest absolute Gasteiger partial charge is 0.290 e. The van der Waals surface area contributed by atoms with E-state index in [1.165, 1.54) is 12.3 Å². The van der Waals surface area contributed by atoms with Crippen LogP contribution < -0.4 is 16.6 Å². The van der Waals surface area contributed by atoms with E-state index in [0.717, 1.165) is 21.5 Å². The summed E-state index contributed by atoms with van der Waals surface area (Å²) in [5.74, 6) is 0.925. The van der Waals surface area contributed by atoms with Crippen LogP contribution in [0.4, 0.5) is 11.4 Å². The number of fused-ring (bicyclic) bond motifs is 1. The van der Waals surface area contributed by atoms with Crippen LogP contribution in [0.3, 0.4) is 0 Å². The highest BCUT2D eigenvalue weighted by Gasteiger charge is 2.13. The molecular formula is C19H18N6O3. The molecule has 0 spiro atoms. The molecule has 0 aliphatic rings. The van der Waals surface area contributed by atoms with Gasteiger partial charge in [0.25, 0.3) is 5.56 Å². The number of carbonyl (C=O) groups excluding carboxylic acids is 1. The second kappa shape index (κ2) is 6.69. The van der Waals surface area contributed by atoms with Crippen molar-refractivity contribution in [1.29, 1.82) is 0 Å². The number of hydrogen-bond acceptors (Lipinski definition) is 6. The third kappa shape index (κ3) is 3.13. The van der Waals surface area contributed by atoms with Gasteiger partial charge >= 0.3 is 0 Å². The summed E-state index contributed by atoms with van der Waals surface area (Å²) < 4.78 is 8.27. The van der Waals surface area contributed by atoms with Crippen molar-refractivity contribution >= 4 is 28.3 Å². The van der Waals surface area contributed by atoms with E-state index in [0.29, 0.717) is 17.1 Å². The molecule has 3 N–H and O–H groups in total. The van der Waals surface area contributed by atoms with Crippen LogP contribution in [0.5, 0.6) is 0 Å². The highest BCUT2D eigenvalue weighted by molar-refractivity contribution is 5.93. The van der Waals surface area contributed by atoms with Gasteiger partial charge in [-0.2, -0.15) is 5.10 Å². The summed E-state index contributed by atoms with van der Waals surface area (Å²) in [7, 11) is 1.93. The van der Waals surface area contributed by atoms with E-state index >= 15 is 0 Å². The molecule has 0 bridgehead atoms. The molecule has 9 nitrogen and oxygen atoms in total. The van der Waals surface area contributed by atoms with Crippen LogP contribution in [0.15, 0.2) is 51.9 Å². The lowest BCUT2D eigenvalue weighted by Gasteiger charge is -2.09. The zero-order valence-electron chi connectivity index (χ0n) is 15.3. The highest BCUT2D eigenvalue weighted by atomic mass is 16.3. The van der Waals surface area contributed by atoms with Crippen LogP contribution in [0.1, 0.15) is 5.82 Å². The number of anilines is 2. The Balaban J connectivity index is 1.58. The van der Waals surface area contributed by atoms with Crippen molar-refractivity contribution in [2.75, 3.05) is 11.1 Å². The molecular weight excluding hydrogens is 360 g/mol. The van der Waals surface area contributed by atoms with Crippen LogP contribution in [0, 0.1) is 6.92 Å². The van der Waals surface area contributed by atoms with Gasteiger partial charge in [-0.1, -0.05) is 0 Å². The first-order valence-electron chi connectivity index (χ1n) is 8.57. The molecule has 28 heavy (non-hydrogen) atoms. The molecule has 9 heteroatoms. The number of nitrogen functional groups attached to an aromatic ring is 1. The summed E-state index contributed by atoms with van der Waals surface area (Å²) in [6.07, 6.45) is 1.49. The number of hydrogen-bond donors (Lipinski definition) is 2. The third-order valence-corrected chi connectivity index (χ3v) is 4.46. The minimum Gasteiger partial charge on any atom is -0.463 e. The number of benzene rings is 1. The zero-order valence-corrected chi connectivity index (χ0v) is 15.3. The number of aromatic nitrogens is 4. The topological polar surface area (TPSA) is 121 Å². The normalized spacial score (nSPS) is 11.1. The third-order valence-electron chi connectivity index (χ3n) is 4.46. The lowest BCUT2D eigenvalue weighted by atomic mass is 10.2. The Kier molecular flexibility index (Phi) is 4.19. The number of furan rings is 1. The maximum Gasteiger partial charge on any atom is 0.290 e. The number of nitrogens with one attached hydrogen (secondary N) is 1. The average molecular weight is 378 g/mol. The van der Waals surface area contributed by atoms with Crippen molar-refractivity contribution in [3.63, 3.8) is 0 Å². The number of amides is 1. The Bertz CT molecular complexity index is 1240. The summed E-state index contributed by atoms with van der Waals surface area (Å²) >= 11 is 0. The van der Waals surface area contributed by atoms with E-state index in [1.54, 1.807) is 24.3 Å². The minimum atomic E-state index is -0.541. The molecule has 3 heterocycles. The molecule has 0 unspecified atom stereocenters. The van der Waals surface area contributed by atoms with Crippen LogP contribution in [-0.2, 0) is 18.4 Å². The van der Waals surface area contributed by atoms with Crippen LogP contribution in [-0.4, -0.2) is 25.2 Å². The van der Waals surface area contributed by atoms with Gasteiger partial charge in [-0.15, -0.1) is 0 Å². The van der Waals surface area contributed by atoms with E-state index < -0.39 is 11.5 Å². The molecule has 1 amide bonds. The highest BCUT2D eigenvalue weighted by Crippen LogP contribution is 2.20. The molecule has 1 aromatic carbocycles. The van der Waals surface area contributed by atoms with Gasteiger partial charge in [0.2, 0.25) is 5.91 Å². The van der Waals surface area contributed by atoms with Crippen molar-refractivity contribution in [2.24, 2.45) is 7.05 Å². The SMILES string of the molecule is Cc1nc2cc(NC(=O)Cn3nc(-c4ccco4)cc(N)c3=O)ccc2n1C. The van der Waals surface area contributed by atoms with Gasteiger partial charge in [0.05, 0.1) is 17.3 Å². The standard InChI is InChI=1S/C19H18N6O3/c1-11-21-14-8-12(5-6-16(14)24(11)2)22-18(26)10-25-19(27)13(20)9-15(23-25)17-4-3-7-28-17/h3-9H,10,20H2,1-2H3,(H,22,26). The molecule has 0 aliphatic carbocycles. The molecule has 0 aliphatic heterocycles. The number of imidazole rings is 1. The molecule has 4 aromatic rings. The monoisotopic (exact) mass is 378 g/mol. The second-order valence-corrected chi connectivity index (χ2v) is 6.39. The lowest BCUT2D eigenvalue weighted by molar-refractivity contribution is -0.117. The van der Waals surface area contributed by atoms with E-state index in [2.05, 4.69) is 15.4 Å². The summed E-state index contributed by atoms with van der Waals surface area (Å²) in [6.45, 7) is 1.63. The van der Waals surface area contributed by atoms with E-state index in [-0.39, 0.29) is 12.2 Å². The molecule has 0 saturated carbocycles. The number of nitrogens with two attached hydrogens (primary N) is 1. The maximum absolute atomic E-state index is 12.5. The van der Waals surface area contributed by atoms with E-state index in [1.807, 2.05) is 24.6 Å². The summed E-state index contributed by atoms with van der Waals surface area (Å²) in [6, 6.07) is 10.3. The van der Waals surface area contributed by atoms with Crippen LogP contribution in [0.2, 0.25) is 0 Å². The van der Waals surface area contributed by atoms with Crippen LogP contribution >= 0.6 is 0 Å². The molecule has 0 saturated heterocycles. The van der Waals surface area contributed by atoms with Gasteiger partial charge in [-0.25, -0.2) is 9.67 Å². The van der Waals surface area contributed by atoms with Gasteiger partial charge in [-0.05, 0) is 43.3 Å². The molecule has 142 valence electrons. The Morgan fingerprint density at radius 1 is 1.29 bits per heavy atom. The average Bonchev–Trinajstić information content (AvgIpc) is 3.28. The molecule has 0 radical (unpaired) electrons. The fourth-order valence-electron chi connectivity index (χ4n) is 2.95. The predicted molar refractivity (Wildman–Crippen MR) is 105 cm³/mol. The Hall–Kier alpha value is -3.88. The van der Waals surface area contributed by atoms with Crippen molar-refractivity contribution in [3.05, 3.63) is 58.8 Å². The molecule has 4 rings (SSSR count). The first kappa shape index (κ1) is 17.5. The maximum atomic E-state index is 12.5. The number of rotatable bonds is 4. The van der Waals surface area contributed by atoms with E-state index in [9.17, 15) is 9.59 Å². The summed E-state index contributed by atoms with van der Waals surface area (Å²) in [5, 5.41) is 6.94. The van der Waals surface area contributed by atoms with Gasteiger partial charge in [0.1, 0.15) is 23.8 Å². The lowest BCUT2D eigenvalue weighted by Crippen LogP contribution is -2.31. The van der Waals surface area contributed by atoms with Gasteiger partial charge < -0.3 is 20.0 Å². The summed E-state index contributed by atoms with van der Waals surface area (Å²) in [5.41, 5.74) is 7.92. The largest absolute Gasteiger partial charge is 0.463 e. The van der Waals surface area contributed by atoms with Crippen molar-refractivity contribution in [2.45, 2.75) is 13.5 Å². The molecule has 3 aromatic heterocycles. The minimum absolute atomic E-state index is 0.0143. The Morgan fingerprint density at radius 3 is 2.86 bits per heavy atom. The predicted octanol–water partition coefficient (Wildman–Crippen LogP) is 1.92. The summed E-state index contributed by atoms with van der Waals surface area (Å²) in [4.78, 5) is 29.1. The van der Waals surface area contributed by atoms with Gasteiger partial charge in [0, 0.05) is 12.7 Å². The Morgan fingerprint density at radius 2 is 2.11 bits per heavy atom. The molecule has 0 atom stereocenters. The quantitative estimate of drug-likeness (QED) is 0.560. The van der Waals surface area contributed by atoms with Crippen molar-refractivity contribution < 1.29 is 9.21 Å². The number of nitrogens with zero attached hydrogens (tertiary/aromatic N) is 4.